The van der Waals surface area contributed by atoms with Crippen molar-refractivity contribution >= 4 is 29.1 Å². The number of carbonyl (C=O) groups excluding carboxylic acids is 2. The van der Waals surface area contributed by atoms with Crippen LogP contribution < -0.4 is 9.47 Å². The van der Waals surface area contributed by atoms with Gasteiger partial charge in [-0.05, 0) is 35.9 Å². The number of para-hydroxylation sites is 1. The second kappa shape index (κ2) is 9.38. The molecule has 3 aromatic rings. The van der Waals surface area contributed by atoms with E-state index in [2.05, 4.69) is 0 Å². The van der Waals surface area contributed by atoms with Crippen molar-refractivity contribution in [3.05, 3.63) is 100 Å². The molecular weight excluding hydrogens is 442 g/mol. The van der Waals surface area contributed by atoms with Gasteiger partial charge in [0.2, 0.25) is 0 Å². The number of Topliss-reactive ketones (excluding diaryl/α,β-unsaturated/α-hetero) is 1. The molecule has 0 aliphatic carbocycles. The number of amides is 1. The molecule has 33 heavy (non-hydrogen) atoms. The molecule has 4 rings (SSSR count). The number of carbonyl (C=O) groups is 2. The molecule has 6 nitrogen and oxygen atoms in total. The predicted octanol–water partition coefficient (Wildman–Crippen LogP) is 4.98. The van der Waals surface area contributed by atoms with Crippen LogP contribution in [0, 0.1) is 0 Å². The summed E-state index contributed by atoms with van der Waals surface area (Å²) in [4.78, 5) is 27.8. The van der Waals surface area contributed by atoms with Gasteiger partial charge in [-0.25, -0.2) is 0 Å². The molecule has 1 atom stereocenters. The highest BCUT2D eigenvalue weighted by Crippen LogP contribution is 2.41. The minimum atomic E-state index is -0.807. The maximum Gasteiger partial charge on any atom is 0.295 e. The lowest BCUT2D eigenvalue weighted by Gasteiger charge is -2.26. The number of aliphatic hydroxyl groups excluding tert-OH is 1. The van der Waals surface area contributed by atoms with Crippen molar-refractivity contribution in [1.82, 2.24) is 4.90 Å². The Balaban J connectivity index is 1.87. The fourth-order valence-corrected chi connectivity index (χ4v) is 4.10. The van der Waals surface area contributed by atoms with E-state index in [-0.39, 0.29) is 17.9 Å². The van der Waals surface area contributed by atoms with Crippen LogP contribution in [-0.4, -0.2) is 35.9 Å². The number of benzene rings is 3. The zero-order valence-electron chi connectivity index (χ0n) is 18.1. The fraction of sp³-hybridized carbons (Fsp3) is 0.154. The standard InChI is InChI=1S/C26H22ClNO5/c1-32-20-8-5-7-17(14-20)24(29)22-23(16-10-12-19(27)13-11-16)28(26(31)25(22)30)15-18-6-3-4-9-21(18)33-2/h3-14,23,29H,15H2,1-2H3/b24-22-. The second-order valence-corrected chi connectivity index (χ2v) is 7.96. The van der Waals surface area contributed by atoms with Crippen LogP contribution in [-0.2, 0) is 16.1 Å². The third-order valence-corrected chi connectivity index (χ3v) is 5.85. The van der Waals surface area contributed by atoms with E-state index in [0.717, 1.165) is 5.56 Å². The number of halogens is 1. The van der Waals surface area contributed by atoms with Gasteiger partial charge in [-0.3, -0.25) is 9.59 Å². The molecular formula is C26H22ClNO5. The third-order valence-electron chi connectivity index (χ3n) is 5.60. The summed E-state index contributed by atoms with van der Waals surface area (Å²) in [6, 6.07) is 20.0. The number of likely N-dealkylation sites (tertiary alicyclic amines) is 1. The topological polar surface area (TPSA) is 76.1 Å². The fourth-order valence-electron chi connectivity index (χ4n) is 3.98. The first-order valence-corrected chi connectivity index (χ1v) is 10.6. The Bertz CT molecular complexity index is 1240. The molecule has 0 spiro atoms. The van der Waals surface area contributed by atoms with Gasteiger partial charge in [0.05, 0.1) is 32.4 Å². The monoisotopic (exact) mass is 463 g/mol. The van der Waals surface area contributed by atoms with Crippen LogP contribution in [0.15, 0.2) is 78.4 Å². The Labute approximate surface area is 196 Å². The number of ether oxygens (including phenoxy) is 2. The maximum absolute atomic E-state index is 13.2. The summed E-state index contributed by atoms with van der Waals surface area (Å²) in [6.45, 7) is 0.122. The Hall–Kier alpha value is -3.77. The van der Waals surface area contributed by atoms with Crippen molar-refractivity contribution in [2.45, 2.75) is 12.6 Å². The van der Waals surface area contributed by atoms with Crippen molar-refractivity contribution < 1.29 is 24.2 Å². The van der Waals surface area contributed by atoms with E-state index in [9.17, 15) is 14.7 Å². The smallest absolute Gasteiger partial charge is 0.295 e. The minimum absolute atomic E-state index is 0.00507. The Morgan fingerprint density at radius 3 is 2.39 bits per heavy atom. The summed E-state index contributed by atoms with van der Waals surface area (Å²) < 4.78 is 10.7. The van der Waals surface area contributed by atoms with Crippen molar-refractivity contribution in [3.8, 4) is 11.5 Å². The Morgan fingerprint density at radius 1 is 0.970 bits per heavy atom. The third kappa shape index (κ3) is 4.30. The molecule has 7 heteroatoms. The van der Waals surface area contributed by atoms with Crippen molar-refractivity contribution in [1.29, 1.82) is 0 Å². The summed E-state index contributed by atoms with van der Waals surface area (Å²) in [5, 5.41) is 11.7. The van der Waals surface area contributed by atoms with E-state index in [1.54, 1.807) is 61.7 Å². The van der Waals surface area contributed by atoms with E-state index >= 15 is 0 Å². The number of aliphatic hydroxyl groups is 1. The number of hydrogen-bond donors (Lipinski definition) is 1. The van der Waals surface area contributed by atoms with Crippen LogP contribution >= 0.6 is 11.6 Å². The van der Waals surface area contributed by atoms with Crippen molar-refractivity contribution in [3.63, 3.8) is 0 Å². The van der Waals surface area contributed by atoms with Crippen molar-refractivity contribution in [2.75, 3.05) is 14.2 Å². The number of ketones is 1. The lowest BCUT2D eigenvalue weighted by Crippen LogP contribution is -2.29. The molecule has 1 amide bonds. The summed E-state index contributed by atoms with van der Waals surface area (Å²) >= 11 is 6.07. The average Bonchev–Trinajstić information content (AvgIpc) is 3.09. The summed E-state index contributed by atoms with van der Waals surface area (Å²) in [5.74, 6) is -0.613. The van der Waals surface area contributed by atoms with Crippen LogP contribution in [0.3, 0.4) is 0 Å². The van der Waals surface area contributed by atoms with Gasteiger partial charge in [0.25, 0.3) is 11.7 Å². The number of nitrogens with zero attached hydrogens (tertiary/aromatic N) is 1. The molecule has 1 saturated heterocycles. The maximum atomic E-state index is 13.2. The van der Waals surface area contributed by atoms with Gasteiger partial charge < -0.3 is 19.5 Å². The summed E-state index contributed by atoms with van der Waals surface area (Å²) in [6.07, 6.45) is 0. The molecule has 1 aliphatic rings. The molecule has 3 aromatic carbocycles. The molecule has 0 bridgehead atoms. The van der Waals surface area contributed by atoms with Gasteiger partial charge in [0.1, 0.15) is 17.3 Å². The quantitative estimate of drug-likeness (QED) is 0.317. The van der Waals surface area contributed by atoms with Crippen LogP contribution in [0.4, 0.5) is 0 Å². The van der Waals surface area contributed by atoms with Crippen molar-refractivity contribution in [2.24, 2.45) is 0 Å². The predicted molar refractivity (Wildman–Crippen MR) is 125 cm³/mol. The minimum Gasteiger partial charge on any atom is -0.507 e. The van der Waals surface area contributed by atoms with E-state index in [1.165, 1.54) is 12.0 Å². The van der Waals surface area contributed by atoms with E-state index in [0.29, 0.717) is 27.6 Å². The van der Waals surface area contributed by atoms with Gasteiger partial charge in [-0.1, -0.05) is 54.1 Å². The normalized spacial score (nSPS) is 17.3. The molecule has 1 N–H and O–H groups in total. The van der Waals surface area contributed by atoms with Gasteiger partial charge >= 0.3 is 0 Å². The highest BCUT2D eigenvalue weighted by Gasteiger charge is 2.46. The lowest BCUT2D eigenvalue weighted by molar-refractivity contribution is -0.140. The number of hydrogen-bond acceptors (Lipinski definition) is 5. The largest absolute Gasteiger partial charge is 0.507 e. The van der Waals surface area contributed by atoms with Gasteiger partial charge in [-0.2, -0.15) is 0 Å². The SMILES string of the molecule is COc1cccc(/C(O)=C2/C(=O)C(=O)N(Cc3ccccc3OC)C2c2ccc(Cl)cc2)c1. The van der Waals surface area contributed by atoms with Crippen LogP contribution in [0.1, 0.15) is 22.7 Å². The Kier molecular flexibility index (Phi) is 6.38. The molecule has 0 aromatic heterocycles. The lowest BCUT2D eigenvalue weighted by atomic mass is 9.95. The highest BCUT2D eigenvalue weighted by molar-refractivity contribution is 6.46. The van der Waals surface area contributed by atoms with Gasteiger partial charge in [0.15, 0.2) is 0 Å². The number of methoxy groups -OCH3 is 2. The molecule has 168 valence electrons. The second-order valence-electron chi connectivity index (χ2n) is 7.52. The van der Waals surface area contributed by atoms with Gasteiger partial charge in [0, 0.05) is 16.1 Å². The first-order chi connectivity index (χ1) is 15.9. The summed E-state index contributed by atoms with van der Waals surface area (Å²) in [5.41, 5.74) is 1.77. The van der Waals surface area contributed by atoms with E-state index in [1.807, 2.05) is 18.2 Å². The zero-order chi connectivity index (χ0) is 23.5. The molecule has 1 unspecified atom stereocenters. The van der Waals surface area contributed by atoms with Crippen LogP contribution in [0.25, 0.3) is 5.76 Å². The number of rotatable bonds is 6. The highest BCUT2D eigenvalue weighted by atomic mass is 35.5. The molecule has 1 heterocycles. The molecule has 0 saturated carbocycles. The van der Waals surface area contributed by atoms with Crippen LogP contribution in [0.2, 0.25) is 5.02 Å². The molecule has 0 radical (unpaired) electrons. The Morgan fingerprint density at radius 2 is 1.70 bits per heavy atom. The zero-order valence-corrected chi connectivity index (χ0v) is 18.9. The molecule has 1 fully saturated rings. The van der Waals surface area contributed by atoms with Crippen LogP contribution in [0.5, 0.6) is 11.5 Å². The molecule has 1 aliphatic heterocycles. The van der Waals surface area contributed by atoms with E-state index < -0.39 is 17.7 Å². The van der Waals surface area contributed by atoms with Gasteiger partial charge in [-0.15, -0.1) is 0 Å². The average molecular weight is 464 g/mol. The summed E-state index contributed by atoms with van der Waals surface area (Å²) in [7, 11) is 3.06. The first kappa shape index (κ1) is 22.4. The van der Waals surface area contributed by atoms with E-state index in [4.69, 9.17) is 21.1 Å². The first-order valence-electron chi connectivity index (χ1n) is 10.2.